The van der Waals surface area contributed by atoms with Crippen molar-refractivity contribution in [2.45, 2.75) is 17.4 Å². The highest BCUT2D eigenvalue weighted by atomic mass is 32.2. The first kappa shape index (κ1) is 22.8. The van der Waals surface area contributed by atoms with Crippen LogP contribution in [0.5, 0.6) is 11.5 Å². The number of carboxylic acid groups (broad SMARTS) is 1. The Kier molecular flexibility index (Phi) is 6.98. The van der Waals surface area contributed by atoms with Crippen molar-refractivity contribution in [3.05, 3.63) is 54.6 Å². The number of imide groups is 1. The van der Waals surface area contributed by atoms with Gasteiger partial charge < -0.3 is 9.84 Å². The van der Waals surface area contributed by atoms with Crippen molar-refractivity contribution in [2.75, 3.05) is 19.3 Å². The molecule has 9 nitrogen and oxygen atoms in total. The van der Waals surface area contributed by atoms with E-state index in [1.54, 1.807) is 24.3 Å². The fourth-order valence-corrected chi connectivity index (χ4v) is 5.04. The number of benzene rings is 2. The SMILES string of the molecule is CN(C(CCN1C(=O)CSC1=O)C(=O)O)S(=O)(=O)c1ccc(Oc2ccccc2)cc1. The zero-order valence-electron chi connectivity index (χ0n) is 16.5. The normalized spacial score (nSPS) is 15.4. The van der Waals surface area contributed by atoms with Crippen LogP contribution in [0.3, 0.4) is 0 Å². The summed E-state index contributed by atoms with van der Waals surface area (Å²) in [5, 5.41) is 9.08. The molecule has 11 heteroatoms. The largest absolute Gasteiger partial charge is 0.480 e. The predicted molar refractivity (Wildman–Crippen MR) is 114 cm³/mol. The zero-order chi connectivity index (χ0) is 22.6. The smallest absolute Gasteiger partial charge is 0.322 e. The lowest BCUT2D eigenvalue weighted by Crippen LogP contribution is -2.44. The Morgan fingerprint density at radius 3 is 2.29 bits per heavy atom. The van der Waals surface area contributed by atoms with Crippen molar-refractivity contribution in [3.63, 3.8) is 0 Å². The maximum Gasteiger partial charge on any atom is 0.322 e. The summed E-state index contributed by atoms with van der Waals surface area (Å²) in [5.74, 6) is -0.778. The van der Waals surface area contributed by atoms with Gasteiger partial charge in [0.15, 0.2) is 0 Å². The summed E-state index contributed by atoms with van der Waals surface area (Å²) in [7, 11) is -2.98. The van der Waals surface area contributed by atoms with Crippen LogP contribution in [0, 0.1) is 0 Å². The summed E-state index contributed by atoms with van der Waals surface area (Å²) in [4.78, 5) is 36.0. The van der Waals surface area contributed by atoms with Gasteiger partial charge in [-0.25, -0.2) is 8.42 Å². The number of thioether (sulfide) groups is 1. The molecule has 1 atom stereocenters. The number of aliphatic carboxylic acids is 1. The standard InChI is InChI=1S/C20H20N2O7S2/c1-21(17(19(24)25)11-12-22-18(23)13-30-20(22)26)31(27,28)16-9-7-15(8-10-16)29-14-5-3-2-4-6-14/h2-10,17H,11-13H2,1H3,(H,24,25). The molecule has 0 saturated carbocycles. The highest BCUT2D eigenvalue weighted by Gasteiger charge is 2.36. The van der Waals surface area contributed by atoms with Crippen LogP contribution in [0.4, 0.5) is 4.79 Å². The van der Waals surface area contributed by atoms with E-state index in [0.717, 1.165) is 28.0 Å². The van der Waals surface area contributed by atoms with E-state index in [2.05, 4.69) is 0 Å². The average Bonchev–Trinajstić information content (AvgIpc) is 3.06. The van der Waals surface area contributed by atoms with E-state index in [9.17, 15) is 27.9 Å². The van der Waals surface area contributed by atoms with Gasteiger partial charge in [-0.1, -0.05) is 30.0 Å². The first-order chi connectivity index (χ1) is 14.7. The van der Waals surface area contributed by atoms with E-state index >= 15 is 0 Å². The second-order valence-corrected chi connectivity index (χ2v) is 9.57. The maximum absolute atomic E-state index is 12.9. The van der Waals surface area contributed by atoms with Gasteiger partial charge in [0.25, 0.3) is 5.24 Å². The molecule has 1 aliphatic heterocycles. The lowest BCUT2D eigenvalue weighted by Gasteiger charge is -2.25. The molecule has 0 spiro atoms. The number of hydrogen-bond donors (Lipinski definition) is 1. The minimum atomic E-state index is -4.14. The minimum absolute atomic E-state index is 0.00209. The number of hydrogen-bond acceptors (Lipinski definition) is 7. The molecule has 164 valence electrons. The molecule has 3 rings (SSSR count). The Balaban J connectivity index is 1.72. The lowest BCUT2D eigenvalue weighted by molar-refractivity contribution is -0.141. The first-order valence-electron chi connectivity index (χ1n) is 9.21. The van der Waals surface area contributed by atoms with Crippen molar-refractivity contribution in [2.24, 2.45) is 0 Å². The van der Waals surface area contributed by atoms with Gasteiger partial charge in [-0.3, -0.25) is 19.3 Å². The van der Waals surface area contributed by atoms with Crippen molar-refractivity contribution < 1.29 is 32.6 Å². The van der Waals surface area contributed by atoms with Crippen LogP contribution < -0.4 is 4.74 Å². The molecular formula is C20H20N2O7S2. The highest BCUT2D eigenvalue weighted by Crippen LogP contribution is 2.25. The molecule has 0 aromatic heterocycles. The predicted octanol–water partition coefficient (Wildman–Crippen LogP) is 2.64. The van der Waals surface area contributed by atoms with Crippen LogP contribution in [0.25, 0.3) is 0 Å². The third-order valence-corrected chi connectivity index (χ3v) is 7.41. The Hall–Kier alpha value is -2.89. The monoisotopic (exact) mass is 464 g/mol. The molecular weight excluding hydrogens is 444 g/mol. The fraction of sp³-hybridized carbons (Fsp3) is 0.250. The van der Waals surface area contributed by atoms with E-state index in [0.29, 0.717) is 11.5 Å². The summed E-state index contributed by atoms with van der Waals surface area (Å²) in [6.45, 7) is -0.175. The summed E-state index contributed by atoms with van der Waals surface area (Å²) < 4.78 is 32.3. The molecule has 1 heterocycles. The fourth-order valence-electron chi connectivity index (χ4n) is 2.95. The third kappa shape index (κ3) is 5.24. The van der Waals surface area contributed by atoms with E-state index in [1.807, 2.05) is 6.07 Å². The number of carbonyl (C=O) groups excluding carboxylic acids is 2. The lowest BCUT2D eigenvalue weighted by atomic mass is 10.2. The van der Waals surface area contributed by atoms with Gasteiger partial charge in [-0.05, 0) is 42.8 Å². The van der Waals surface area contributed by atoms with Gasteiger partial charge in [0.2, 0.25) is 15.9 Å². The Morgan fingerprint density at radius 2 is 1.74 bits per heavy atom. The third-order valence-electron chi connectivity index (χ3n) is 4.67. The first-order valence-corrected chi connectivity index (χ1v) is 11.6. The van der Waals surface area contributed by atoms with Crippen LogP contribution in [-0.2, 0) is 19.6 Å². The topological polar surface area (TPSA) is 121 Å². The molecule has 31 heavy (non-hydrogen) atoms. The number of rotatable bonds is 9. The van der Waals surface area contributed by atoms with Crippen molar-refractivity contribution in [1.29, 1.82) is 0 Å². The average molecular weight is 465 g/mol. The number of likely N-dealkylation sites (N-methyl/N-ethyl adjacent to an activating group) is 1. The number of carbonyl (C=O) groups is 3. The molecule has 1 fully saturated rings. The van der Waals surface area contributed by atoms with Gasteiger partial charge >= 0.3 is 5.97 Å². The molecule has 0 aliphatic carbocycles. The molecule has 2 aromatic carbocycles. The van der Waals surface area contributed by atoms with Gasteiger partial charge in [0.05, 0.1) is 10.6 Å². The van der Waals surface area contributed by atoms with E-state index < -0.39 is 33.2 Å². The summed E-state index contributed by atoms with van der Waals surface area (Å²) >= 11 is 0.832. The number of ether oxygens (including phenoxy) is 1. The second kappa shape index (κ2) is 9.50. The Bertz CT molecular complexity index is 1060. The van der Waals surface area contributed by atoms with E-state index in [1.165, 1.54) is 24.3 Å². The van der Waals surface area contributed by atoms with Gasteiger partial charge in [0, 0.05) is 13.6 Å². The summed E-state index contributed by atoms with van der Waals surface area (Å²) in [6.07, 6.45) is -0.224. The van der Waals surface area contributed by atoms with Crippen LogP contribution in [0.2, 0.25) is 0 Å². The number of amides is 2. The molecule has 0 bridgehead atoms. The zero-order valence-corrected chi connectivity index (χ0v) is 18.1. The maximum atomic E-state index is 12.9. The number of para-hydroxylation sites is 1. The molecule has 2 aromatic rings. The number of nitrogens with zero attached hydrogens (tertiary/aromatic N) is 2. The van der Waals surface area contributed by atoms with Gasteiger partial charge in [-0.15, -0.1) is 0 Å². The quantitative estimate of drug-likeness (QED) is 0.601. The molecule has 0 radical (unpaired) electrons. The van der Waals surface area contributed by atoms with Crippen LogP contribution in [0.15, 0.2) is 59.5 Å². The Morgan fingerprint density at radius 1 is 1.13 bits per heavy atom. The van der Waals surface area contributed by atoms with Crippen LogP contribution in [-0.4, -0.2) is 65.2 Å². The van der Waals surface area contributed by atoms with Gasteiger partial charge in [0.1, 0.15) is 17.5 Å². The molecule has 1 N–H and O–H groups in total. The van der Waals surface area contributed by atoms with Gasteiger partial charge in [-0.2, -0.15) is 4.31 Å². The molecule has 1 aliphatic rings. The Labute approximate surface area is 183 Å². The van der Waals surface area contributed by atoms with Crippen LogP contribution >= 0.6 is 11.8 Å². The number of carboxylic acids is 1. The summed E-state index contributed by atoms with van der Waals surface area (Å²) in [5.41, 5.74) is 0. The van der Waals surface area contributed by atoms with E-state index in [-0.39, 0.29) is 23.6 Å². The van der Waals surface area contributed by atoms with Crippen molar-refractivity contribution >= 4 is 38.9 Å². The van der Waals surface area contributed by atoms with Crippen LogP contribution in [0.1, 0.15) is 6.42 Å². The minimum Gasteiger partial charge on any atom is -0.480 e. The molecule has 2 amide bonds. The highest BCUT2D eigenvalue weighted by molar-refractivity contribution is 8.14. The van der Waals surface area contributed by atoms with E-state index in [4.69, 9.17) is 4.74 Å². The second-order valence-electron chi connectivity index (χ2n) is 6.65. The summed E-state index contributed by atoms with van der Waals surface area (Å²) in [6, 6.07) is 13.1. The van der Waals surface area contributed by atoms with Crippen molar-refractivity contribution in [1.82, 2.24) is 9.21 Å². The molecule has 1 saturated heterocycles. The molecule has 1 unspecified atom stereocenters. The van der Waals surface area contributed by atoms with Crippen molar-refractivity contribution in [3.8, 4) is 11.5 Å². The number of sulfonamides is 1.